The number of aromatic nitrogens is 1. The molecule has 0 aliphatic carbocycles. The summed E-state index contributed by atoms with van der Waals surface area (Å²) >= 11 is 0. The van der Waals surface area contributed by atoms with Crippen molar-refractivity contribution in [3.63, 3.8) is 0 Å². The first-order valence-corrected chi connectivity index (χ1v) is 6.78. The van der Waals surface area contributed by atoms with Crippen LogP contribution in [0.2, 0.25) is 0 Å². The Labute approximate surface area is 124 Å². The van der Waals surface area contributed by atoms with Crippen molar-refractivity contribution in [3.05, 3.63) is 47.3 Å². The Kier molecular flexibility index (Phi) is 4.65. The lowest BCUT2D eigenvalue weighted by atomic mass is 10.1. The van der Waals surface area contributed by atoms with Gasteiger partial charge in [-0.3, -0.25) is 4.79 Å². The fraction of sp³-hybridized carbons (Fsp3) is 0.312. The van der Waals surface area contributed by atoms with Crippen LogP contribution >= 0.6 is 0 Å². The summed E-state index contributed by atoms with van der Waals surface area (Å²) in [4.78, 5) is 12.4. The van der Waals surface area contributed by atoms with E-state index in [-0.39, 0.29) is 11.7 Å². The molecule has 0 aliphatic heterocycles. The van der Waals surface area contributed by atoms with Crippen LogP contribution in [0.25, 0.3) is 0 Å². The van der Waals surface area contributed by atoms with Gasteiger partial charge in [0.05, 0.1) is 6.61 Å². The van der Waals surface area contributed by atoms with Crippen molar-refractivity contribution in [1.29, 1.82) is 0 Å². The van der Waals surface area contributed by atoms with E-state index in [0.29, 0.717) is 24.5 Å². The van der Waals surface area contributed by atoms with Gasteiger partial charge in [0.1, 0.15) is 11.4 Å². The van der Waals surface area contributed by atoms with Gasteiger partial charge in [-0.25, -0.2) is 0 Å². The number of aryl methyl sites for hydroxylation is 2. The summed E-state index contributed by atoms with van der Waals surface area (Å²) in [5.41, 5.74) is 2.83. The van der Waals surface area contributed by atoms with Crippen LogP contribution in [-0.2, 0) is 11.3 Å². The minimum absolute atomic E-state index is 0.177. The van der Waals surface area contributed by atoms with Crippen molar-refractivity contribution in [2.45, 2.75) is 20.4 Å². The van der Waals surface area contributed by atoms with E-state index in [2.05, 4.69) is 5.32 Å². The van der Waals surface area contributed by atoms with Gasteiger partial charge < -0.3 is 19.7 Å². The molecule has 0 saturated carbocycles. The summed E-state index contributed by atoms with van der Waals surface area (Å²) in [6.45, 7) is 4.82. The first-order valence-electron chi connectivity index (χ1n) is 6.78. The monoisotopic (exact) mass is 288 g/mol. The Balaban J connectivity index is 2.19. The predicted molar refractivity (Wildman–Crippen MR) is 81.8 cm³/mol. The first-order chi connectivity index (χ1) is 10.0. The average Bonchev–Trinajstić information content (AvgIpc) is 2.91. The fourth-order valence-electron chi connectivity index (χ4n) is 2.13. The van der Waals surface area contributed by atoms with Crippen LogP contribution in [0.3, 0.4) is 0 Å². The number of hydrogen-bond donors (Lipinski definition) is 2. The van der Waals surface area contributed by atoms with Crippen molar-refractivity contribution < 1.29 is 14.6 Å². The summed E-state index contributed by atoms with van der Waals surface area (Å²) < 4.78 is 6.88. The third-order valence-electron chi connectivity index (χ3n) is 3.39. The highest BCUT2D eigenvalue weighted by Gasteiger charge is 2.13. The number of anilines is 1. The van der Waals surface area contributed by atoms with E-state index in [9.17, 15) is 9.90 Å². The minimum atomic E-state index is -0.177. The smallest absolute Gasteiger partial charge is 0.272 e. The second-order valence-corrected chi connectivity index (χ2v) is 4.99. The van der Waals surface area contributed by atoms with E-state index in [0.717, 1.165) is 11.1 Å². The molecule has 0 fully saturated rings. The molecule has 0 aliphatic rings. The number of nitrogens with zero attached hydrogens (tertiary/aromatic N) is 1. The molecule has 2 aromatic rings. The number of amides is 1. The predicted octanol–water partition coefficient (Wildman–Crippen LogP) is 2.71. The standard InChI is InChI=1S/C16H20N2O3/c1-11-10-15(19)12(2)9-13(11)17-16(20)14-5-4-6-18(14)7-8-21-3/h4-6,9-10,19H,7-8H2,1-3H3,(H,17,20). The maximum Gasteiger partial charge on any atom is 0.272 e. The quantitative estimate of drug-likeness (QED) is 0.831. The minimum Gasteiger partial charge on any atom is -0.508 e. The summed E-state index contributed by atoms with van der Waals surface area (Å²) in [6, 6.07) is 7.02. The Hall–Kier alpha value is -2.27. The van der Waals surface area contributed by atoms with Gasteiger partial charge in [-0.2, -0.15) is 0 Å². The third kappa shape index (κ3) is 3.44. The van der Waals surface area contributed by atoms with Gasteiger partial charge in [-0.05, 0) is 49.2 Å². The Bertz CT molecular complexity index is 647. The zero-order chi connectivity index (χ0) is 15.4. The molecule has 5 nitrogen and oxygen atoms in total. The van der Waals surface area contributed by atoms with E-state index in [1.165, 1.54) is 0 Å². The maximum absolute atomic E-state index is 12.4. The zero-order valence-corrected chi connectivity index (χ0v) is 12.5. The molecule has 112 valence electrons. The summed E-state index contributed by atoms with van der Waals surface area (Å²) in [7, 11) is 1.63. The number of carbonyl (C=O) groups excluding carboxylic acids is 1. The van der Waals surface area contributed by atoms with Crippen LogP contribution in [0.15, 0.2) is 30.5 Å². The Morgan fingerprint density at radius 3 is 2.81 bits per heavy atom. The average molecular weight is 288 g/mol. The number of benzene rings is 1. The van der Waals surface area contributed by atoms with Crippen LogP contribution < -0.4 is 5.32 Å². The van der Waals surface area contributed by atoms with E-state index in [4.69, 9.17) is 4.74 Å². The molecular weight excluding hydrogens is 268 g/mol. The Morgan fingerprint density at radius 1 is 1.33 bits per heavy atom. The molecule has 21 heavy (non-hydrogen) atoms. The molecule has 1 amide bonds. The lowest BCUT2D eigenvalue weighted by molar-refractivity contribution is 0.101. The van der Waals surface area contributed by atoms with Crippen LogP contribution in [0.4, 0.5) is 5.69 Å². The fourth-order valence-corrected chi connectivity index (χ4v) is 2.13. The number of rotatable bonds is 5. The highest BCUT2D eigenvalue weighted by Crippen LogP contribution is 2.25. The number of aromatic hydroxyl groups is 1. The second-order valence-electron chi connectivity index (χ2n) is 4.99. The van der Waals surface area contributed by atoms with Crippen LogP contribution in [0.1, 0.15) is 21.6 Å². The number of methoxy groups -OCH3 is 1. The van der Waals surface area contributed by atoms with Crippen LogP contribution in [0.5, 0.6) is 5.75 Å². The number of phenolic OH excluding ortho intramolecular Hbond substituents is 1. The first kappa shape index (κ1) is 15.1. The number of nitrogens with one attached hydrogen (secondary N) is 1. The molecule has 2 N–H and O–H groups in total. The number of carbonyl (C=O) groups is 1. The van der Waals surface area contributed by atoms with Crippen molar-refractivity contribution >= 4 is 11.6 Å². The summed E-state index contributed by atoms with van der Waals surface area (Å²) in [5.74, 6) is 0.0539. The number of hydrogen-bond acceptors (Lipinski definition) is 3. The van der Waals surface area contributed by atoms with Crippen LogP contribution in [0, 0.1) is 13.8 Å². The summed E-state index contributed by atoms with van der Waals surface area (Å²) in [5, 5.41) is 12.5. The van der Waals surface area contributed by atoms with Crippen LogP contribution in [-0.4, -0.2) is 29.3 Å². The Morgan fingerprint density at radius 2 is 2.10 bits per heavy atom. The molecule has 1 aromatic heterocycles. The molecule has 0 atom stereocenters. The van der Waals surface area contributed by atoms with E-state index >= 15 is 0 Å². The van der Waals surface area contributed by atoms with Gasteiger partial charge in [-0.1, -0.05) is 0 Å². The molecule has 0 radical (unpaired) electrons. The maximum atomic E-state index is 12.4. The SMILES string of the molecule is COCCn1cccc1C(=O)Nc1cc(C)c(O)cc1C. The van der Waals surface area contributed by atoms with Gasteiger partial charge in [-0.15, -0.1) is 0 Å². The van der Waals surface area contributed by atoms with E-state index < -0.39 is 0 Å². The lowest BCUT2D eigenvalue weighted by Crippen LogP contribution is -2.18. The van der Waals surface area contributed by atoms with E-state index in [1.807, 2.05) is 23.8 Å². The highest BCUT2D eigenvalue weighted by atomic mass is 16.5. The van der Waals surface area contributed by atoms with Gasteiger partial charge in [0, 0.05) is 25.5 Å². The third-order valence-corrected chi connectivity index (χ3v) is 3.39. The molecular formula is C16H20N2O3. The van der Waals surface area contributed by atoms with Crippen molar-refractivity contribution in [2.24, 2.45) is 0 Å². The van der Waals surface area contributed by atoms with Gasteiger partial charge in [0.2, 0.25) is 0 Å². The van der Waals surface area contributed by atoms with Gasteiger partial charge in [0.25, 0.3) is 5.91 Å². The summed E-state index contributed by atoms with van der Waals surface area (Å²) in [6.07, 6.45) is 1.85. The molecule has 0 bridgehead atoms. The largest absolute Gasteiger partial charge is 0.508 e. The normalized spacial score (nSPS) is 10.6. The molecule has 2 rings (SSSR count). The molecule has 1 heterocycles. The molecule has 0 saturated heterocycles. The highest BCUT2D eigenvalue weighted by molar-refractivity contribution is 6.03. The van der Waals surface area contributed by atoms with Crippen molar-refractivity contribution in [3.8, 4) is 5.75 Å². The van der Waals surface area contributed by atoms with Gasteiger partial charge >= 0.3 is 0 Å². The van der Waals surface area contributed by atoms with Gasteiger partial charge in [0.15, 0.2) is 0 Å². The molecule has 1 aromatic carbocycles. The lowest BCUT2D eigenvalue weighted by Gasteiger charge is -2.12. The number of phenols is 1. The number of ether oxygens (including phenoxy) is 1. The van der Waals surface area contributed by atoms with Crippen molar-refractivity contribution in [1.82, 2.24) is 4.57 Å². The molecule has 5 heteroatoms. The molecule has 0 spiro atoms. The molecule has 0 unspecified atom stereocenters. The zero-order valence-electron chi connectivity index (χ0n) is 12.5. The second kappa shape index (κ2) is 6.45. The van der Waals surface area contributed by atoms with E-state index in [1.54, 1.807) is 32.2 Å². The topological polar surface area (TPSA) is 63.5 Å². The van der Waals surface area contributed by atoms with Crippen molar-refractivity contribution in [2.75, 3.05) is 19.0 Å².